The van der Waals surface area contributed by atoms with Crippen LogP contribution in [0.25, 0.3) is 0 Å². The molecule has 14 heavy (non-hydrogen) atoms. The lowest BCUT2D eigenvalue weighted by Gasteiger charge is -2.06. The Morgan fingerprint density at radius 3 is 2.93 bits per heavy atom. The van der Waals surface area contributed by atoms with Crippen molar-refractivity contribution < 1.29 is 4.39 Å². The fraction of sp³-hybridized carbons (Fsp3) is 0.333. The molecule has 2 heteroatoms. The molecular weight excluding hydrogens is 177 g/mol. The van der Waals surface area contributed by atoms with Crippen LogP contribution in [0, 0.1) is 18.2 Å². The summed E-state index contributed by atoms with van der Waals surface area (Å²) in [6, 6.07) is 5.09. The van der Waals surface area contributed by atoms with Crippen LogP contribution in [-0.2, 0) is 0 Å². The second-order valence-electron chi connectivity index (χ2n) is 3.57. The Morgan fingerprint density at radius 2 is 2.29 bits per heavy atom. The van der Waals surface area contributed by atoms with E-state index in [4.69, 9.17) is 6.42 Å². The lowest BCUT2D eigenvalue weighted by molar-refractivity contribution is 0.611. The second kappa shape index (κ2) is 3.71. The number of benzene rings is 1. The Kier molecular flexibility index (Phi) is 2.41. The van der Waals surface area contributed by atoms with E-state index in [1.807, 2.05) is 6.07 Å². The normalized spacial score (nSPS) is 14.9. The van der Waals surface area contributed by atoms with Gasteiger partial charge in [-0.2, -0.15) is 0 Å². The molecule has 1 N–H and O–H groups in total. The molecule has 72 valence electrons. The minimum atomic E-state index is -0.0984. The summed E-state index contributed by atoms with van der Waals surface area (Å²) in [6.07, 6.45) is 7.34. The largest absolute Gasteiger partial charge is 0.374 e. The molecule has 1 aromatic carbocycles. The van der Waals surface area contributed by atoms with E-state index >= 15 is 0 Å². The molecular formula is C12H12FN. The van der Waals surface area contributed by atoms with Crippen LogP contribution in [0.5, 0.6) is 0 Å². The molecule has 0 amide bonds. The highest BCUT2D eigenvalue weighted by Crippen LogP contribution is 2.41. The molecule has 1 saturated carbocycles. The maximum Gasteiger partial charge on any atom is 0.126 e. The third-order valence-electron chi connectivity index (χ3n) is 2.41. The molecule has 0 atom stereocenters. The van der Waals surface area contributed by atoms with Crippen LogP contribution in [0.1, 0.15) is 24.3 Å². The van der Waals surface area contributed by atoms with Crippen molar-refractivity contribution in [3.8, 4) is 12.3 Å². The summed E-state index contributed by atoms with van der Waals surface area (Å²) in [6.45, 7) is 0.482. The van der Waals surface area contributed by atoms with Crippen molar-refractivity contribution in [2.75, 3.05) is 11.9 Å². The first-order valence-corrected chi connectivity index (χ1v) is 4.78. The summed E-state index contributed by atoms with van der Waals surface area (Å²) in [7, 11) is 0. The smallest absolute Gasteiger partial charge is 0.126 e. The van der Waals surface area contributed by atoms with Crippen LogP contribution in [-0.4, -0.2) is 6.54 Å². The first-order valence-electron chi connectivity index (χ1n) is 4.78. The zero-order chi connectivity index (χ0) is 9.97. The number of rotatable bonds is 3. The van der Waals surface area contributed by atoms with Gasteiger partial charge in [-0.1, -0.05) is 5.92 Å². The number of nitrogens with one attached hydrogen (secondary N) is 1. The third-order valence-corrected chi connectivity index (χ3v) is 2.41. The molecule has 0 unspecified atom stereocenters. The summed E-state index contributed by atoms with van der Waals surface area (Å²) in [5.74, 6) is 2.82. The van der Waals surface area contributed by atoms with Gasteiger partial charge in [0.2, 0.25) is 0 Å². The lowest BCUT2D eigenvalue weighted by atomic mass is 10.1. The predicted octanol–water partition coefficient (Wildman–Crippen LogP) is 2.75. The quantitative estimate of drug-likeness (QED) is 0.721. The van der Waals surface area contributed by atoms with E-state index in [9.17, 15) is 4.39 Å². The molecule has 1 aliphatic rings. The van der Waals surface area contributed by atoms with Gasteiger partial charge >= 0.3 is 0 Å². The van der Waals surface area contributed by atoms with Crippen LogP contribution < -0.4 is 5.32 Å². The van der Waals surface area contributed by atoms with Gasteiger partial charge in [-0.05, 0) is 42.5 Å². The average molecular weight is 189 g/mol. The molecule has 0 saturated heterocycles. The number of hydrogen-bond donors (Lipinski definition) is 1. The molecule has 0 bridgehead atoms. The van der Waals surface area contributed by atoms with Gasteiger partial charge in [-0.25, -0.2) is 4.39 Å². The Labute approximate surface area is 83.3 Å². The minimum Gasteiger partial charge on any atom is -0.374 e. The third kappa shape index (κ3) is 1.88. The van der Waals surface area contributed by atoms with Gasteiger partial charge in [-0.15, -0.1) is 6.42 Å². The molecule has 1 nitrogen and oxygen atoms in total. The summed E-state index contributed by atoms with van der Waals surface area (Å²) < 4.78 is 13.3. The number of halogens is 1. The van der Waals surface area contributed by atoms with Crippen LogP contribution in [0.2, 0.25) is 0 Å². The molecule has 2 rings (SSSR count). The predicted molar refractivity (Wildman–Crippen MR) is 55.7 cm³/mol. The topological polar surface area (TPSA) is 12.0 Å². The Bertz CT molecular complexity index is 374. The van der Waals surface area contributed by atoms with E-state index in [-0.39, 0.29) is 5.82 Å². The molecule has 1 aliphatic carbocycles. The SMILES string of the molecule is C#CCNc1ccc(F)c(C2CC2)c1. The van der Waals surface area contributed by atoms with Crippen molar-refractivity contribution in [1.82, 2.24) is 0 Å². The molecule has 1 aromatic rings. The number of terminal acetylenes is 1. The first-order chi connectivity index (χ1) is 6.81. The number of anilines is 1. The van der Waals surface area contributed by atoms with Crippen molar-refractivity contribution in [3.63, 3.8) is 0 Å². The lowest BCUT2D eigenvalue weighted by Crippen LogP contribution is -1.99. The Balaban J connectivity index is 2.18. The molecule has 0 aliphatic heterocycles. The van der Waals surface area contributed by atoms with E-state index in [0.29, 0.717) is 12.5 Å². The van der Waals surface area contributed by atoms with Crippen molar-refractivity contribution in [2.24, 2.45) is 0 Å². The first kappa shape index (κ1) is 9.08. The summed E-state index contributed by atoms with van der Waals surface area (Å²) in [5, 5.41) is 3.04. The van der Waals surface area contributed by atoms with Crippen molar-refractivity contribution in [2.45, 2.75) is 18.8 Å². The van der Waals surface area contributed by atoms with Crippen LogP contribution in [0.3, 0.4) is 0 Å². The van der Waals surface area contributed by atoms with Gasteiger partial charge in [0.15, 0.2) is 0 Å². The van der Waals surface area contributed by atoms with Gasteiger partial charge < -0.3 is 5.32 Å². The highest BCUT2D eigenvalue weighted by Gasteiger charge is 2.26. The monoisotopic (exact) mass is 189 g/mol. The van der Waals surface area contributed by atoms with Gasteiger partial charge in [-0.3, -0.25) is 0 Å². The minimum absolute atomic E-state index is 0.0984. The van der Waals surface area contributed by atoms with E-state index in [1.54, 1.807) is 6.07 Å². The van der Waals surface area contributed by atoms with E-state index < -0.39 is 0 Å². The average Bonchev–Trinajstić information content (AvgIpc) is 3.00. The second-order valence-corrected chi connectivity index (χ2v) is 3.57. The van der Waals surface area contributed by atoms with Crippen molar-refractivity contribution >= 4 is 5.69 Å². The summed E-state index contributed by atoms with van der Waals surface area (Å²) in [4.78, 5) is 0. The van der Waals surface area contributed by atoms with E-state index in [0.717, 1.165) is 24.1 Å². The van der Waals surface area contributed by atoms with Crippen LogP contribution in [0.4, 0.5) is 10.1 Å². The maximum absolute atomic E-state index is 13.3. The zero-order valence-corrected chi connectivity index (χ0v) is 7.89. The summed E-state index contributed by atoms with van der Waals surface area (Å²) in [5.41, 5.74) is 1.73. The van der Waals surface area contributed by atoms with Crippen molar-refractivity contribution in [1.29, 1.82) is 0 Å². The Morgan fingerprint density at radius 1 is 1.50 bits per heavy atom. The number of hydrogen-bond acceptors (Lipinski definition) is 1. The van der Waals surface area contributed by atoms with Crippen molar-refractivity contribution in [3.05, 3.63) is 29.6 Å². The van der Waals surface area contributed by atoms with Crippen LogP contribution in [0.15, 0.2) is 18.2 Å². The highest BCUT2D eigenvalue weighted by atomic mass is 19.1. The maximum atomic E-state index is 13.3. The van der Waals surface area contributed by atoms with Gasteiger partial charge in [0, 0.05) is 5.69 Å². The molecule has 1 fully saturated rings. The fourth-order valence-electron chi connectivity index (χ4n) is 1.51. The van der Waals surface area contributed by atoms with E-state index in [2.05, 4.69) is 11.2 Å². The zero-order valence-electron chi connectivity index (χ0n) is 7.89. The van der Waals surface area contributed by atoms with Gasteiger partial charge in [0.25, 0.3) is 0 Å². The molecule has 0 radical (unpaired) electrons. The standard InChI is InChI=1S/C12H12FN/c1-2-7-14-10-5-6-12(13)11(8-10)9-3-4-9/h1,5-6,8-9,14H,3-4,7H2. The summed E-state index contributed by atoms with van der Waals surface area (Å²) >= 11 is 0. The van der Waals surface area contributed by atoms with Crippen LogP contribution >= 0.6 is 0 Å². The fourth-order valence-corrected chi connectivity index (χ4v) is 1.51. The molecule has 0 heterocycles. The molecule has 0 aromatic heterocycles. The molecule has 0 spiro atoms. The van der Waals surface area contributed by atoms with Gasteiger partial charge in [0.05, 0.1) is 6.54 Å². The highest BCUT2D eigenvalue weighted by molar-refractivity contribution is 5.48. The van der Waals surface area contributed by atoms with E-state index in [1.165, 1.54) is 6.07 Å². The van der Waals surface area contributed by atoms with Gasteiger partial charge in [0.1, 0.15) is 5.82 Å². The Hall–Kier alpha value is -1.49.